The molecule has 0 bridgehead atoms. The lowest BCUT2D eigenvalue weighted by Crippen LogP contribution is -2.39. The number of hydrogen-bond acceptors (Lipinski definition) is 4. The number of carbonyl (C=O) groups is 1. The number of amides is 1. The number of tetrazole rings is 1. The molecule has 29 heavy (non-hydrogen) atoms. The van der Waals surface area contributed by atoms with Gasteiger partial charge in [-0.15, -0.1) is 10.2 Å². The number of H-pyrrole nitrogens is 1. The predicted molar refractivity (Wildman–Crippen MR) is 103 cm³/mol. The fourth-order valence-corrected chi connectivity index (χ4v) is 3.34. The van der Waals surface area contributed by atoms with Crippen LogP contribution < -0.4 is 5.32 Å². The van der Waals surface area contributed by atoms with Crippen molar-refractivity contribution in [2.24, 2.45) is 0 Å². The fourth-order valence-electron chi connectivity index (χ4n) is 2.89. The summed E-state index contributed by atoms with van der Waals surface area (Å²) in [5.74, 6) is 0.202. The van der Waals surface area contributed by atoms with Gasteiger partial charge in [0.15, 0.2) is 5.82 Å². The molecule has 2 N–H and O–H groups in total. The molecule has 0 aliphatic heterocycles. The van der Waals surface area contributed by atoms with Crippen LogP contribution in [-0.4, -0.2) is 32.6 Å². The number of nitrogens with one attached hydrogen (secondary N) is 2. The van der Waals surface area contributed by atoms with Crippen molar-refractivity contribution in [1.29, 1.82) is 0 Å². The van der Waals surface area contributed by atoms with E-state index in [-0.39, 0.29) is 12.3 Å². The van der Waals surface area contributed by atoms with E-state index in [2.05, 4.69) is 41.9 Å². The molecule has 0 radical (unpaired) electrons. The Morgan fingerprint density at radius 1 is 1.10 bits per heavy atom. The summed E-state index contributed by atoms with van der Waals surface area (Å²) in [6, 6.07) is 11.9. The summed E-state index contributed by atoms with van der Waals surface area (Å²) in [5, 5.41) is 16.6. The summed E-state index contributed by atoms with van der Waals surface area (Å²) >= 11 is 3.37. The fraction of sp³-hybridized carbons (Fsp3) is 0.263. The van der Waals surface area contributed by atoms with Crippen LogP contribution in [0, 0.1) is 0 Å². The smallest absolute Gasteiger partial charge is 0.352 e. The van der Waals surface area contributed by atoms with Gasteiger partial charge < -0.3 is 5.32 Å². The summed E-state index contributed by atoms with van der Waals surface area (Å²) in [7, 11) is 0. The number of halogens is 4. The molecule has 152 valence electrons. The maximum atomic E-state index is 12.8. The maximum absolute atomic E-state index is 12.8. The van der Waals surface area contributed by atoms with Crippen LogP contribution >= 0.6 is 15.9 Å². The van der Waals surface area contributed by atoms with Crippen LogP contribution in [0.1, 0.15) is 22.5 Å². The molecule has 1 atom stereocenters. The second-order valence-corrected chi connectivity index (χ2v) is 7.42. The van der Waals surface area contributed by atoms with Crippen molar-refractivity contribution in [2.75, 3.05) is 0 Å². The molecule has 10 heteroatoms. The van der Waals surface area contributed by atoms with Crippen molar-refractivity contribution in [3.63, 3.8) is 0 Å². The van der Waals surface area contributed by atoms with Crippen LogP contribution in [0.15, 0.2) is 53.0 Å². The molecule has 0 unspecified atom stereocenters. The van der Waals surface area contributed by atoms with Crippen LogP contribution in [-0.2, 0) is 30.2 Å². The van der Waals surface area contributed by atoms with Crippen LogP contribution in [0.3, 0.4) is 0 Å². The van der Waals surface area contributed by atoms with Gasteiger partial charge in [0.2, 0.25) is 5.91 Å². The monoisotopic (exact) mass is 467 g/mol. The van der Waals surface area contributed by atoms with Gasteiger partial charge in [-0.25, -0.2) is 0 Å². The lowest BCUT2D eigenvalue weighted by atomic mass is 10.0. The second-order valence-electron chi connectivity index (χ2n) is 6.50. The summed E-state index contributed by atoms with van der Waals surface area (Å²) < 4.78 is 39.1. The highest BCUT2D eigenvalue weighted by atomic mass is 79.9. The zero-order valence-corrected chi connectivity index (χ0v) is 16.7. The Balaban J connectivity index is 1.69. The quantitative estimate of drug-likeness (QED) is 0.556. The van der Waals surface area contributed by atoms with E-state index >= 15 is 0 Å². The van der Waals surface area contributed by atoms with Gasteiger partial charge in [0, 0.05) is 16.9 Å². The number of nitrogens with zero attached hydrogens (tertiary/aromatic N) is 3. The third kappa shape index (κ3) is 6.38. The molecule has 0 aliphatic carbocycles. The van der Waals surface area contributed by atoms with Gasteiger partial charge in [-0.2, -0.15) is 18.4 Å². The number of alkyl halides is 3. The first-order chi connectivity index (χ1) is 13.8. The first-order valence-corrected chi connectivity index (χ1v) is 9.51. The topological polar surface area (TPSA) is 83.6 Å². The zero-order chi connectivity index (χ0) is 20.9. The third-order valence-electron chi connectivity index (χ3n) is 4.20. The molecule has 2 aromatic carbocycles. The second kappa shape index (κ2) is 9.17. The Kier molecular flexibility index (Phi) is 6.63. The highest BCUT2D eigenvalue weighted by molar-refractivity contribution is 9.10. The standard InChI is InChI=1S/C19H17BrF3N5O/c20-15-3-1-2-13(8-15)10-18(29)24-16(11-17-25-27-28-26-17)9-12-4-6-14(7-5-12)19(21,22)23/h1-8,16H,9-11H2,(H,24,29)(H,25,26,27,28)/t16-/m0/s1. The summed E-state index contributed by atoms with van der Waals surface area (Å²) in [6.45, 7) is 0. The summed E-state index contributed by atoms with van der Waals surface area (Å²) in [4.78, 5) is 12.5. The van der Waals surface area contributed by atoms with Crippen LogP contribution in [0.4, 0.5) is 13.2 Å². The average Bonchev–Trinajstić information content (AvgIpc) is 3.14. The Bertz CT molecular complexity index is 945. The van der Waals surface area contributed by atoms with Gasteiger partial charge in [0.1, 0.15) is 0 Å². The molecule has 0 saturated heterocycles. The lowest BCUT2D eigenvalue weighted by Gasteiger charge is -2.18. The molecule has 0 saturated carbocycles. The number of benzene rings is 2. The van der Waals surface area contributed by atoms with E-state index in [9.17, 15) is 18.0 Å². The van der Waals surface area contributed by atoms with Gasteiger partial charge in [-0.3, -0.25) is 4.79 Å². The van der Waals surface area contributed by atoms with E-state index in [0.29, 0.717) is 24.2 Å². The van der Waals surface area contributed by atoms with Crippen molar-refractivity contribution < 1.29 is 18.0 Å². The minimum absolute atomic E-state index is 0.176. The molecule has 3 aromatic rings. The summed E-state index contributed by atoms with van der Waals surface area (Å²) in [6.07, 6.45) is -3.59. The Morgan fingerprint density at radius 3 is 2.48 bits per heavy atom. The largest absolute Gasteiger partial charge is 0.416 e. The van der Waals surface area contributed by atoms with Crippen molar-refractivity contribution in [2.45, 2.75) is 31.5 Å². The SMILES string of the molecule is O=C(Cc1cccc(Br)c1)N[C@@H](Cc1ccc(C(F)(F)F)cc1)Cc1nn[nH]n1. The molecule has 1 aromatic heterocycles. The van der Waals surface area contributed by atoms with E-state index in [0.717, 1.165) is 22.2 Å². The van der Waals surface area contributed by atoms with E-state index < -0.39 is 17.8 Å². The molecule has 0 aliphatic rings. The van der Waals surface area contributed by atoms with Gasteiger partial charge >= 0.3 is 6.18 Å². The normalized spacial score (nSPS) is 12.6. The molecule has 1 amide bonds. The van der Waals surface area contributed by atoms with Crippen LogP contribution in [0.5, 0.6) is 0 Å². The molecule has 0 spiro atoms. The minimum Gasteiger partial charge on any atom is -0.352 e. The Hall–Kier alpha value is -2.75. The molecule has 0 fully saturated rings. The zero-order valence-electron chi connectivity index (χ0n) is 15.1. The van der Waals surface area contributed by atoms with Gasteiger partial charge in [0.25, 0.3) is 0 Å². The Morgan fingerprint density at radius 2 is 1.86 bits per heavy atom. The van der Waals surface area contributed by atoms with Crippen molar-refractivity contribution in [3.05, 3.63) is 75.5 Å². The first-order valence-electron chi connectivity index (χ1n) is 8.72. The number of carbonyl (C=O) groups excluding carboxylic acids is 1. The maximum Gasteiger partial charge on any atom is 0.416 e. The summed E-state index contributed by atoms with van der Waals surface area (Å²) in [5.41, 5.74) is 0.786. The number of hydrogen-bond donors (Lipinski definition) is 2. The number of rotatable bonds is 7. The predicted octanol–water partition coefficient (Wildman–Crippen LogP) is 3.49. The third-order valence-corrected chi connectivity index (χ3v) is 4.69. The minimum atomic E-state index is -4.39. The van der Waals surface area contributed by atoms with Crippen molar-refractivity contribution in [3.8, 4) is 0 Å². The molecule has 3 rings (SSSR count). The van der Waals surface area contributed by atoms with Gasteiger partial charge in [0.05, 0.1) is 12.0 Å². The lowest BCUT2D eigenvalue weighted by molar-refractivity contribution is -0.137. The van der Waals surface area contributed by atoms with E-state index in [1.165, 1.54) is 12.1 Å². The molecule has 1 heterocycles. The van der Waals surface area contributed by atoms with Crippen LogP contribution in [0.25, 0.3) is 0 Å². The van der Waals surface area contributed by atoms with Crippen LogP contribution in [0.2, 0.25) is 0 Å². The van der Waals surface area contributed by atoms with Crippen molar-refractivity contribution in [1.82, 2.24) is 25.9 Å². The molecular weight excluding hydrogens is 451 g/mol. The Labute approximate surface area is 173 Å². The number of aromatic nitrogens is 4. The van der Waals surface area contributed by atoms with Gasteiger partial charge in [-0.1, -0.05) is 45.4 Å². The first kappa shape index (κ1) is 21.0. The van der Waals surface area contributed by atoms with E-state index in [4.69, 9.17) is 0 Å². The van der Waals surface area contributed by atoms with E-state index in [1.807, 2.05) is 24.3 Å². The molecule has 6 nitrogen and oxygen atoms in total. The highest BCUT2D eigenvalue weighted by Crippen LogP contribution is 2.29. The number of aromatic amines is 1. The van der Waals surface area contributed by atoms with Gasteiger partial charge in [-0.05, 0) is 41.8 Å². The average molecular weight is 468 g/mol. The van der Waals surface area contributed by atoms with E-state index in [1.54, 1.807) is 0 Å². The van der Waals surface area contributed by atoms with Crippen molar-refractivity contribution >= 4 is 21.8 Å². The highest BCUT2D eigenvalue weighted by Gasteiger charge is 2.30. The molecular formula is C19H17BrF3N5O.